The molecule has 0 aliphatic rings. The molecule has 17 heavy (non-hydrogen) atoms. The van der Waals surface area contributed by atoms with Crippen LogP contribution in [0.3, 0.4) is 0 Å². The van der Waals surface area contributed by atoms with Crippen LogP contribution in [0.15, 0.2) is 24.3 Å². The standard InChI is InChI=1S/C14H23NO2/c1-11(2)13(15-8-9-16)10-12-6-4-5-7-14(12)17-3/h4-7,11,13,15-16H,8-10H2,1-3H3. The minimum absolute atomic E-state index is 0.176. The second-order valence-corrected chi connectivity index (χ2v) is 4.54. The molecule has 0 spiro atoms. The van der Waals surface area contributed by atoms with Gasteiger partial charge in [0.15, 0.2) is 0 Å². The number of methoxy groups -OCH3 is 1. The van der Waals surface area contributed by atoms with Crippen LogP contribution in [-0.4, -0.2) is 31.4 Å². The average Bonchev–Trinajstić information content (AvgIpc) is 2.34. The first-order chi connectivity index (χ1) is 8.19. The number of hydrogen-bond acceptors (Lipinski definition) is 3. The number of para-hydroxylation sites is 1. The normalized spacial score (nSPS) is 12.8. The molecule has 0 amide bonds. The average molecular weight is 237 g/mol. The third kappa shape index (κ3) is 4.36. The minimum atomic E-state index is 0.176. The summed E-state index contributed by atoms with van der Waals surface area (Å²) >= 11 is 0. The Morgan fingerprint density at radius 1 is 1.29 bits per heavy atom. The number of hydrogen-bond donors (Lipinski definition) is 2. The number of nitrogens with one attached hydrogen (secondary N) is 1. The molecule has 0 saturated heterocycles. The van der Waals surface area contributed by atoms with E-state index in [1.54, 1.807) is 7.11 Å². The number of rotatable bonds is 7. The zero-order valence-electron chi connectivity index (χ0n) is 10.9. The molecule has 1 aromatic carbocycles. The Labute approximate surface area is 104 Å². The van der Waals surface area contributed by atoms with Crippen LogP contribution in [0.1, 0.15) is 19.4 Å². The highest BCUT2D eigenvalue weighted by molar-refractivity contribution is 5.33. The van der Waals surface area contributed by atoms with E-state index in [0.29, 0.717) is 18.5 Å². The van der Waals surface area contributed by atoms with E-state index in [1.165, 1.54) is 5.56 Å². The second-order valence-electron chi connectivity index (χ2n) is 4.54. The van der Waals surface area contributed by atoms with E-state index in [4.69, 9.17) is 9.84 Å². The van der Waals surface area contributed by atoms with E-state index in [0.717, 1.165) is 12.2 Å². The van der Waals surface area contributed by atoms with Crippen LogP contribution >= 0.6 is 0 Å². The molecule has 2 N–H and O–H groups in total. The van der Waals surface area contributed by atoms with Crippen molar-refractivity contribution >= 4 is 0 Å². The number of aliphatic hydroxyl groups excluding tert-OH is 1. The van der Waals surface area contributed by atoms with Crippen LogP contribution in [0.4, 0.5) is 0 Å². The second kappa shape index (κ2) is 7.30. The number of aliphatic hydroxyl groups is 1. The van der Waals surface area contributed by atoms with Crippen LogP contribution in [-0.2, 0) is 6.42 Å². The van der Waals surface area contributed by atoms with Crippen molar-refractivity contribution in [1.29, 1.82) is 0 Å². The van der Waals surface area contributed by atoms with Crippen molar-refractivity contribution < 1.29 is 9.84 Å². The van der Waals surface area contributed by atoms with Crippen LogP contribution in [0.2, 0.25) is 0 Å². The first-order valence-electron chi connectivity index (χ1n) is 6.15. The first kappa shape index (κ1) is 14.0. The third-order valence-electron chi connectivity index (χ3n) is 2.96. The molecule has 1 aromatic rings. The van der Waals surface area contributed by atoms with E-state index in [1.807, 2.05) is 18.2 Å². The smallest absolute Gasteiger partial charge is 0.122 e. The van der Waals surface area contributed by atoms with Crippen molar-refractivity contribution in [3.05, 3.63) is 29.8 Å². The molecule has 1 atom stereocenters. The van der Waals surface area contributed by atoms with Crippen LogP contribution in [0.25, 0.3) is 0 Å². The van der Waals surface area contributed by atoms with Crippen LogP contribution in [0, 0.1) is 5.92 Å². The molecular formula is C14H23NO2. The minimum Gasteiger partial charge on any atom is -0.496 e. The van der Waals surface area contributed by atoms with Gasteiger partial charge in [0.25, 0.3) is 0 Å². The summed E-state index contributed by atoms with van der Waals surface area (Å²) in [6, 6.07) is 8.45. The van der Waals surface area contributed by atoms with Crippen molar-refractivity contribution in [3.63, 3.8) is 0 Å². The van der Waals surface area contributed by atoms with Crippen LogP contribution in [0.5, 0.6) is 5.75 Å². The van der Waals surface area contributed by atoms with Gasteiger partial charge in [-0.3, -0.25) is 0 Å². The Hall–Kier alpha value is -1.06. The van der Waals surface area contributed by atoms with Crippen molar-refractivity contribution in [2.45, 2.75) is 26.3 Å². The highest BCUT2D eigenvalue weighted by Gasteiger charge is 2.15. The van der Waals surface area contributed by atoms with Gasteiger partial charge in [-0.05, 0) is 24.0 Å². The highest BCUT2D eigenvalue weighted by atomic mass is 16.5. The molecule has 1 unspecified atom stereocenters. The monoisotopic (exact) mass is 237 g/mol. The Balaban J connectivity index is 2.71. The highest BCUT2D eigenvalue weighted by Crippen LogP contribution is 2.20. The maximum Gasteiger partial charge on any atom is 0.122 e. The molecular weight excluding hydrogens is 214 g/mol. The van der Waals surface area contributed by atoms with Gasteiger partial charge < -0.3 is 15.2 Å². The SMILES string of the molecule is COc1ccccc1CC(NCCO)C(C)C. The molecule has 0 saturated carbocycles. The molecule has 0 aromatic heterocycles. The lowest BCUT2D eigenvalue weighted by atomic mass is 9.96. The topological polar surface area (TPSA) is 41.5 Å². The van der Waals surface area contributed by atoms with Gasteiger partial charge in [0.05, 0.1) is 13.7 Å². The predicted molar refractivity (Wildman–Crippen MR) is 70.4 cm³/mol. The van der Waals surface area contributed by atoms with Crippen LogP contribution < -0.4 is 10.1 Å². The van der Waals surface area contributed by atoms with E-state index in [2.05, 4.69) is 25.2 Å². The molecule has 0 bridgehead atoms. The summed E-state index contributed by atoms with van der Waals surface area (Å²) in [6.07, 6.45) is 0.918. The fraction of sp³-hybridized carbons (Fsp3) is 0.571. The Morgan fingerprint density at radius 2 is 2.00 bits per heavy atom. The molecule has 1 rings (SSSR count). The Bertz CT molecular complexity index is 326. The fourth-order valence-corrected chi connectivity index (χ4v) is 1.90. The molecule has 0 radical (unpaired) electrons. The molecule has 3 nitrogen and oxygen atoms in total. The summed E-state index contributed by atoms with van der Waals surface area (Å²) in [5, 5.41) is 12.2. The summed E-state index contributed by atoms with van der Waals surface area (Å²) < 4.78 is 5.35. The molecule has 96 valence electrons. The lowest BCUT2D eigenvalue weighted by molar-refractivity contribution is 0.272. The molecule has 0 fully saturated rings. The summed E-state index contributed by atoms with van der Waals surface area (Å²) in [7, 11) is 1.70. The van der Waals surface area contributed by atoms with Gasteiger partial charge in [0, 0.05) is 12.6 Å². The van der Waals surface area contributed by atoms with Gasteiger partial charge in [0.2, 0.25) is 0 Å². The lowest BCUT2D eigenvalue weighted by Crippen LogP contribution is -2.37. The zero-order chi connectivity index (χ0) is 12.7. The molecule has 0 aliphatic carbocycles. The van der Waals surface area contributed by atoms with Crippen molar-refractivity contribution in [3.8, 4) is 5.75 Å². The molecule has 0 heterocycles. The van der Waals surface area contributed by atoms with Gasteiger partial charge in [-0.2, -0.15) is 0 Å². The van der Waals surface area contributed by atoms with Gasteiger partial charge in [-0.25, -0.2) is 0 Å². The summed E-state index contributed by atoms with van der Waals surface area (Å²) in [5.41, 5.74) is 1.21. The molecule has 0 aliphatic heterocycles. The maximum atomic E-state index is 8.88. The Morgan fingerprint density at radius 3 is 2.59 bits per heavy atom. The summed E-state index contributed by atoms with van der Waals surface area (Å²) in [5.74, 6) is 1.45. The van der Waals surface area contributed by atoms with Gasteiger partial charge in [-0.1, -0.05) is 32.0 Å². The Kier molecular flexibility index (Phi) is 6.01. The number of ether oxygens (including phenoxy) is 1. The van der Waals surface area contributed by atoms with Crippen molar-refractivity contribution in [2.24, 2.45) is 5.92 Å². The van der Waals surface area contributed by atoms with E-state index in [-0.39, 0.29) is 6.61 Å². The molecule has 3 heteroatoms. The first-order valence-corrected chi connectivity index (χ1v) is 6.15. The summed E-state index contributed by atoms with van der Waals surface area (Å²) in [6.45, 7) is 5.18. The van der Waals surface area contributed by atoms with E-state index < -0.39 is 0 Å². The summed E-state index contributed by atoms with van der Waals surface area (Å²) in [4.78, 5) is 0. The predicted octanol–water partition coefficient (Wildman–Crippen LogP) is 1.84. The van der Waals surface area contributed by atoms with E-state index in [9.17, 15) is 0 Å². The van der Waals surface area contributed by atoms with Crippen molar-refractivity contribution in [1.82, 2.24) is 5.32 Å². The number of benzene rings is 1. The largest absolute Gasteiger partial charge is 0.496 e. The zero-order valence-corrected chi connectivity index (χ0v) is 10.9. The maximum absolute atomic E-state index is 8.88. The van der Waals surface area contributed by atoms with E-state index >= 15 is 0 Å². The van der Waals surface area contributed by atoms with Gasteiger partial charge in [-0.15, -0.1) is 0 Å². The quantitative estimate of drug-likeness (QED) is 0.760. The third-order valence-corrected chi connectivity index (χ3v) is 2.96. The van der Waals surface area contributed by atoms with Gasteiger partial charge in [0.1, 0.15) is 5.75 Å². The van der Waals surface area contributed by atoms with Crippen molar-refractivity contribution in [2.75, 3.05) is 20.3 Å². The lowest BCUT2D eigenvalue weighted by Gasteiger charge is -2.23. The van der Waals surface area contributed by atoms with Gasteiger partial charge >= 0.3 is 0 Å². The fourth-order valence-electron chi connectivity index (χ4n) is 1.90.